The Morgan fingerprint density at radius 1 is 0.909 bits per heavy atom. The number of rotatable bonds is 0. The second kappa shape index (κ2) is 3.06. The highest BCUT2D eigenvalue weighted by Crippen LogP contribution is 2.24. The molecule has 0 saturated heterocycles. The Balaban J connectivity index is 2.63. The molecule has 1 fully saturated rings. The van der Waals surface area contributed by atoms with E-state index in [1.807, 2.05) is 0 Å². The van der Waals surface area contributed by atoms with Gasteiger partial charge in [-0.2, -0.15) is 0 Å². The van der Waals surface area contributed by atoms with Gasteiger partial charge in [0, 0.05) is 0 Å². The average Bonchev–Trinajstić information content (AvgIpc) is 1.97. The van der Waals surface area contributed by atoms with Gasteiger partial charge in [-0.15, -0.1) is 0 Å². The molecule has 0 bridgehead atoms. The second-order valence-electron chi connectivity index (χ2n) is 3.25. The third-order valence-electron chi connectivity index (χ3n) is 2.29. The average molecular weight is 162 g/mol. The monoisotopic (exact) mass is 162 g/mol. The maximum atomic E-state index is 9.21. The molecule has 0 aliphatic heterocycles. The van der Waals surface area contributed by atoms with E-state index in [0.717, 1.165) is 0 Å². The first-order chi connectivity index (χ1) is 5.04. The lowest BCUT2D eigenvalue weighted by molar-refractivity contribution is -0.154. The molecule has 5 atom stereocenters. The number of aliphatic hydroxyl groups is 4. The van der Waals surface area contributed by atoms with Gasteiger partial charge in [0.15, 0.2) is 0 Å². The van der Waals surface area contributed by atoms with Crippen LogP contribution in [0.15, 0.2) is 0 Å². The normalized spacial score (nSPS) is 52.6. The molecule has 0 heterocycles. The summed E-state index contributed by atoms with van der Waals surface area (Å²) in [5.74, 6) is -0.164. The Labute approximate surface area is 65.1 Å². The molecule has 1 aliphatic rings. The zero-order valence-corrected chi connectivity index (χ0v) is 6.38. The molecule has 11 heavy (non-hydrogen) atoms. The van der Waals surface area contributed by atoms with Crippen LogP contribution in [0.1, 0.15) is 13.3 Å². The Morgan fingerprint density at radius 3 is 2.00 bits per heavy atom. The maximum Gasteiger partial charge on any atom is 0.108 e. The lowest BCUT2D eigenvalue weighted by atomic mass is 9.82. The molecule has 0 aromatic heterocycles. The van der Waals surface area contributed by atoms with Crippen LogP contribution in [0.3, 0.4) is 0 Å². The highest BCUT2D eigenvalue weighted by Gasteiger charge is 2.39. The summed E-state index contributed by atoms with van der Waals surface area (Å²) in [6, 6.07) is 0. The fraction of sp³-hybridized carbons (Fsp3) is 1.00. The van der Waals surface area contributed by atoms with E-state index in [4.69, 9.17) is 15.3 Å². The Kier molecular flexibility index (Phi) is 2.49. The molecule has 4 N–H and O–H groups in total. The number of aliphatic hydroxyl groups excluding tert-OH is 4. The van der Waals surface area contributed by atoms with E-state index < -0.39 is 24.4 Å². The van der Waals surface area contributed by atoms with Gasteiger partial charge in [-0.3, -0.25) is 0 Å². The summed E-state index contributed by atoms with van der Waals surface area (Å²) in [7, 11) is 0. The number of hydrogen-bond donors (Lipinski definition) is 4. The zero-order chi connectivity index (χ0) is 8.59. The largest absolute Gasteiger partial charge is 0.390 e. The lowest BCUT2D eigenvalue weighted by Gasteiger charge is -2.36. The summed E-state index contributed by atoms with van der Waals surface area (Å²) in [4.78, 5) is 0. The van der Waals surface area contributed by atoms with E-state index in [-0.39, 0.29) is 5.92 Å². The summed E-state index contributed by atoms with van der Waals surface area (Å²) >= 11 is 0. The third kappa shape index (κ3) is 1.54. The zero-order valence-electron chi connectivity index (χ0n) is 6.38. The molecule has 1 saturated carbocycles. The van der Waals surface area contributed by atoms with Gasteiger partial charge >= 0.3 is 0 Å². The van der Waals surface area contributed by atoms with Crippen LogP contribution in [0.4, 0.5) is 0 Å². The summed E-state index contributed by atoms with van der Waals surface area (Å²) in [6.07, 6.45) is -3.92. The Bertz CT molecular complexity index is 124. The van der Waals surface area contributed by atoms with Crippen molar-refractivity contribution in [1.82, 2.24) is 0 Å². The van der Waals surface area contributed by atoms with E-state index in [1.165, 1.54) is 0 Å². The van der Waals surface area contributed by atoms with E-state index in [2.05, 4.69) is 0 Å². The molecule has 1 aliphatic carbocycles. The molecule has 4 heteroatoms. The number of hydrogen-bond acceptors (Lipinski definition) is 4. The SMILES string of the molecule is C[C@H]1C[C@@H](O)[C@@H](O)[C@H](O)[C@H]1O. The lowest BCUT2D eigenvalue weighted by Crippen LogP contribution is -2.52. The van der Waals surface area contributed by atoms with Gasteiger partial charge in [0.05, 0.1) is 12.2 Å². The quantitative estimate of drug-likeness (QED) is 0.348. The van der Waals surface area contributed by atoms with Crippen molar-refractivity contribution in [2.75, 3.05) is 0 Å². The standard InChI is InChI=1S/C7H14O4/c1-3-2-4(8)6(10)7(11)5(3)9/h3-11H,2H2,1H3/t3-,4+,5-,6+,7+/m0/s1. The van der Waals surface area contributed by atoms with Crippen molar-refractivity contribution in [3.8, 4) is 0 Å². The molecule has 1 rings (SSSR count). The molecule has 4 nitrogen and oxygen atoms in total. The molecule has 0 radical (unpaired) electrons. The van der Waals surface area contributed by atoms with Crippen molar-refractivity contribution in [3.63, 3.8) is 0 Å². The maximum absolute atomic E-state index is 9.21. The van der Waals surface area contributed by atoms with Crippen molar-refractivity contribution in [3.05, 3.63) is 0 Å². The van der Waals surface area contributed by atoms with Crippen LogP contribution in [-0.2, 0) is 0 Å². The highest BCUT2D eigenvalue weighted by atomic mass is 16.4. The van der Waals surface area contributed by atoms with Crippen molar-refractivity contribution in [1.29, 1.82) is 0 Å². The summed E-state index contributed by atoms with van der Waals surface area (Å²) < 4.78 is 0. The van der Waals surface area contributed by atoms with Crippen molar-refractivity contribution in [2.24, 2.45) is 5.92 Å². The first-order valence-corrected chi connectivity index (χ1v) is 3.76. The predicted molar refractivity (Wildman–Crippen MR) is 37.8 cm³/mol. The van der Waals surface area contributed by atoms with E-state index in [9.17, 15) is 5.11 Å². The molecule has 0 unspecified atom stereocenters. The minimum Gasteiger partial charge on any atom is -0.390 e. The highest BCUT2D eigenvalue weighted by molar-refractivity contribution is 4.90. The van der Waals surface area contributed by atoms with Crippen LogP contribution in [0.5, 0.6) is 0 Å². The van der Waals surface area contributed by atoms with Crippen molar-refractivity contribution < 1.29 is 20.4 Å². The molecule has 0 aromatic rings. The van der Waals surface area contributed by atoms with E-state index in [0.29, 0.717) is 6.42 Å². The molecular formula is C7H14O4. The molecule has 0 aromatic carbocycles. The van der Waals surface area contributed by atoms with Crippen molar-refractivity contribution in [2.45, 2.75) is 37.8 Å². The van der Waals surface area contributed by atoms with Gasteiger partial charge in [0.2, 0.25) is 0 Å². The summed E-state index contributed by atoms with van der Waals surface area (Å²) in [6.45, 7) is 1.73. The fourth-order valence-corrected chi connectivity index (χ4v) is 1.43. The van der Waals surface area contributed by atoms with Gasteiger partial charge < -0.3 is 20.4 Å². The Hall–Kier alpha value is -0.160. The molecule has 0 spiro atoms. The first-order valence-electron chi connectivity index (χ1n) is 3.76. The fourth-order valence-electron chi connectivity index (χ4n) is 1.43. The topological polar surface area (TPSA) is 80.9 Å². The first kappa shape index (κ1) is 8.93. The van der Waals surface area contributed by atoms with Crippen molar-refractivity contribution >= 4 is 0 Å². The predicted octanol–water partition coefficient (Wildman–Crippen LogP) is -1.53. The van der Waals surface area contributed by atoms with Gasteiger partial charge in [-0.25, -0.2) is 0 Å². The van der Waals surface area contributed by atoms with Gasteiger partial charge in [0.25, 0.3) is 0 Å². The third-order valence-corrected chi connectivity index (χ3v) is 2.29. The van der Waals surface area contributed by atoms with Crippen LogP contribution in [0.2, 0.25) is 0 Å². The van der Waals surface area contributed by atoms with Gasteiger partial charge in [-0.1, -0.05) is 6.92 Å². The van der Waals surface area contributed by atoms with E-state index >= 15 is 0 Å². The second-order valence-corrected chi connectivity index (χ2v) is 3.25. The molecule has 0 amide bonds. The van der Waals surface area contributed by atoms with Crippen LogP contribution in [0.25, 0.3) is 0 Å². The Morgan fingerprint density at radius 2 is 1.45 bits per heavy atom. The smallest absolute Gasteiger partial charge is 0.108 e. The molecule has 66 valence electrons. The van der Waals surface area contributed by atoms with Crippen LogP contribution in [0, 0.1) is 5.92 Å². The minimum absolute atomic E-state index is 0.164. The van der Waals surface area contributed by atoms with Gasteiger partial charge in [-0.05, 0) is 12.3 Å². The molecular weight excluding hydrogens is 148 g/mol. The van der Waals surface area contributed by atoms with Gasteiger partial charge in [0.1, 0.15) is 12.2 Å². The van der Waals surface area contributed by atoms with Crippen LogP contribution >= 0.6 is 0 Å². The summed E-state index contributed by atoms with van der Waals surface area (Å²) in [5.41, 5.74) is 0. The van der Waals surface area contributed by atoms with Crippen LogP contribution < -0.4 is 0 Å². The van der Waals surface area contributed by atoms with Crippen LogP contribution in [-0.4, -0.2) is 44.8 Å². The van der Waals surface area contributed by atoms with E-state index in [1.54, 1.807) is 6.92 Å². The minimum atomic E-state index is -1.21. The summed E-state index contributed by atoms with van der Waals surface area (Å²) in [5, 5.41) is 36.5.